The summed E-state index contributed by atoms with van der Waals surface area (Å²) in [7, 11) is 9.20. The monoisotopic (exact) mass is 787 g/mol. The number of hydrogen-bond donors (Lipinski definition) is 0. The molecule has 288 valence electrons. The van der Waals surface area contributed by atoms with Crippen molar-refractivity contribution in [3.63, 3.8) is 0 Å². The molecule has 0 N–H and O–H groups in total. The van der Waals surface area contributed by atoms with Crippen LogP contribution < -0.4 is 26.8 Å². The van der Waals surface area contributed by atoms with Crippen molar-refractivity contribution in [2.24, 2.45) is 0 Å². The smallest absolute Gasteiger partial charge is 0.143 e. The number of furan rings is 1. The minimum Gasteiger partial charge on any atom is -0.455 e. The predicted molar refractivity (Wildman–Crippen MR) is 278 cm³/mol. The van der Waals surface area contributed by atoms with Gasteiger partial charge in [-0.3, -0.25) is 0 Å². The zero-order valence-electron chi connectivity index (χ0n) is 35.4. The molecule has 1 heterocycles. The number of hydrogen-bond acceptors (Lipinski definition) is 2. The molecule has 0 radical (unpaired) electrons. The van der Waals surface area contributed by atoms with Gasteiger partial charge in [-0.05, 0) is 91.5 Å². The third-order valence-electron chi connectivity index (χ3n) is 13.1. The van der Waals surface area contributed by atoms with Gasteiger partial charge in [0.15, 0.2) is 0 Å². The van der Waals surface area contributed by atoms with E-state index in [1.54, 1.807) is 0 Å². The number of nitrogens with zero attached hydrogens (tertiary/aromatic N) is 1. The van der Waals surface area contributed by atoms with Gasteiger partial charge in [-0.15, -0.1) is 0 Å². The standard InChI is InChI=1S/C56H41B4NO/c57-51-49(38-27-24-36(25-28-38)34-12-2-1-3-13-34)52(58)54(60)55(53(51)59)61(42-18-10-17-40(33-42)41-29-26-35-14-4-5-16-39(35)32-41)47-22-9-8-20-44(47)45-21-11-23-48-50(45)46-31-30-37-15-6-7-19-43(37)56(46)62-48/h1-33H,57-60H2. The number of fused-ring (bicyclic) bond motifs is 6. The van der Waals surface area contributed by atoms with Gasteiger partial charge in [0.05, 0.1) is 5.69 Å². The summed E-state index contributed by atoms with van der Waals surface area (Å²) in [6.07, 6.45) is 0. The van der Waals surface area contributed by atoms with Gasteiger partial charge in [0.25, 0.3) is 0 Å². The number of rotatable bonds is 7. The molecule has 0 unspecified atom stereocenters. The highest BCUT2D eigenvalue weighted by atomic mass is 16.3. The van der Waals surface area contributed by atoms with Gasteiger partial charge in [0.2, 0.25) is 0 Å². The maximum Gasteiger partial charge on any atom is 0.143 e. The third kappa shape index (κ3) is 6.25. The summed E-state index contributed by atoms with van der Waals surface area (Å²) in [5.41, 5.74) is 19.9. The molecule has 0 aliphatic carbocycles. The first kappa shape index (κ1) is 37.6. The second kappa shape index (κ2) is 15.2. The Morgan fingerprint density at radius 3 is 1.76 bits per heavy atom. The Morgan fingerprint density at radius 2 is 0.952 bits per heavy atom. The average molecular weight is 787 g/mol. The average Bonchev–Trinajstić information content (AvgIpc) is 3.73. The Morgan fingerprint density at radius 1 is 0.371 bits per heavy atom. The second-order valence-electron chi connectivity index (χ2n) is 16.6. The van der Waals surface area contributed by atoms with Crippen molar-refractivity contribution < 1.29 is 4.42 Å². The predicted octanol–water partition coefficient (Wildman–Crippen LogP) is 9.06. The van der Waals surface area contributed by atoms with Crippen LogP contribution in [0.3, 0.4) is 0 Å². The van der Waals surface area contributed by atoms with Crippen LogP contribution in [0.1, 0.15) is 0 Å². The van der Waals surface area contributed by atoms with Crippen LogP contribution in [-0.2, 0) is 0 Å². The van der Waals surface area contributed by atoms with Crippen molar-refractivity contribution in [1.29, 1.82) is 0 Å². The minimum absolute atomic E-state index is 0.884. The van der Waals surface area contributed by atoms with E-state index in [-0.39, 0.29) is 0 Å². The van der Waals surface area contributed by atoms with E-state index in [4.69, 9.17) is 4.42 Å². The summed E-state index contributed by atoms with van der Waals surface area (Å²) < 4.78 is 6.74. The lowest BCUT2D eigenvalue weighted by atomic mass is 9.64. The number of para-hydroxylation sites is 1. The third-order valence-corrected chi connectivity index (χ3v) is 13.1. The van der Waals surface area contributed by atoms with Crippen molar-refractivity contribution in [1.82, 2.24) is 0 Å². The quantitative estimate of drug-likeness (QED) is 0.150. The summed E-state index contributed by atoms with van der Waals surface area (Å²) in [6.45, 7) is 0. The highest BCUT2D eigenvalue weighted by Crippen LogP contribution is 2.45. The summed E-state index contributed by atoms with van der Waals surface area (Å²) in [5, 5.41) is 7.02. The van der Waals surface area contributed by atoms with Gasteiger partial charge in [-0.1, -0.05) is 186 Å². The van der Waals surface area contributed by atoms with Gasteiger partial charge in [0.1, 0.15) is 42.6 Å². The Balaban J connectivity index is 1.14. The van der Waals surface area contributed by atoms with Crippen LogP contribution in [0.15, 0.2) is 205 Å². The topological polar surface area (TPSA) is 16.4 Å². The van der Waals surface area contributed by atoms with Crippen LogP contribution in [0.4, 0.5) is 17.1 Å². The fourth-order valence-electron chi connectivity index (χ4n) is 9.78. The Kier molecular flexibility index (Phi) is 9.24. The fourth-order valence-corrected chi connectivity index (χ4v) is 9.78. The van der Waals surface area contributed by atoms with Crippen LogP contribution in [-0.4, -0.2) is 31.4 Å². The highest BCUT2D eigenvalue weighted by Gasteiger charge is 2.26. The molecule has 0 fully saturated rings. The van der Waals surface area contributed by atoms with Gasteiger partial charge >= 0.3 is 0 Å². The van der Waals surface area contributed by atoms with Crippen molar-refractivity contribution in [3.8, 4) is 44.5 Å². The Hall–Kier alpha value is -7.42. The van der Waals surface area contributed by atoms with Gasteiger partial charge < -0.3 is 9.32 Å². The van der Waals surface area contributed by atoms with Crippen LogP contribution in [0.2, 0.25) is 0 Å². The molecule has 0 aliphatic heterocycles. The van der Waals surface area contributed by atoms with Gasteiger partial charge in [-0.2, -0.15) is 0 Å². The normalized spacial score (nSPS) is 11.5. The molecule has 6 heteroatoms. The van der Waals surface area contributed by atoms with Crippen LogP contribution in [0, 0.1) is 0 Å². The lowest BCUT2D eigenvalue weighted by Crippen LogP contribution is -2.46. The summed E-state index contributed by atoms with van der Waals surface area (Å²) in [5.74, 6) is 0. The summed E-state index contributed by atoms with van der Waals surface area (Å²) >= 11 is 0. The van der Waals surface area contributed by atoms with E-state index in [0.717, 1.165) is 49.8 Å². The molecule has 0 spiro atoms. The molecule has 10 aromatic carbocycles. The van der Waals surface area contributed by atoms with Gasteiger partial charge in [0, 0.05) is 33.1 Å². The van der Waals surface area contributed by atoms with E-state index in [0.29, 0.717) is 0 Å². The zero-order chi connectivity index (χ0) is 41.9. The first-order valence-corrected chi connectivity index (χ1v) is 21.5. The lowest BCUT2D eigenvalue weighted by molar-refractivity contribution is 0.673. The molecular weight excluding hydrogens is 746 g/mol. The molecule has 0 saturated carbocycles. The SMILES string of the molecule is Bc1c(B)c(N(c2cccc(-c3ccc4ccccc4c3)c2)c2ccccc2-c2cccc3oc4c5ccccc5ccc4c23)c(B)c(B)c1-c1ccc(-c2ccccc2)cc1. The molecule has 1 aromatic heterocycles. The number of anilines is 3. The van der Waals surface area contributed by atoms with E-state index in [1.165, 1.54) is 77.1 Å². The highest BCUT2D eigenvalue weighted by molar-refractivity contribution is 6.63. The molecular formula is C56H41B4NO. The molecule has 11 aromatic rings. The van der Waals surface area contributed by atoms with Crippen molar-refractivity contribution in [2.45, 2.75) is 0 Å². The number of benzene rings is 10. The summed E-state index contributed by atoms with van der Waals surface area (Å²) in [6, 6.07) is 72.5. The Labute approximate surface area is 366 Å². The molecule has 2 nitrogen and oxygen atoms in total. The fraction of sp³-hybridized carbons (Fsp3) is 0. The molecule has 0 bridgehead atoms. The first-order valence-electron chi connectivity index (χ1n) is 21.5. The first-order chi connectivity index (χ1) is 30.4. The van der Waals surface area contributed by atoms with E-state index in [2.05, 4.69) is 236 Å². The zero-order valence-corrected chi connectivity index (χ0v) is 35.4. The molecule has 0 amide bonds. The Bertz CT molecular complexity index is 3490. The molecule has 0 atom stereocenters. The summed E-state index contributed by atoms with van der Waals surface area (Å²) in [4.78, 5) is 2.52. The van der Waals surface area contributed by atoms with Crippen LogP contribution >= 0.6 is 0 Å². The van der Waals surface area contributed by atoms with Crippen molar-refractivity contribution in [3.05, 3.63) is 200 Å². The van der Waals surface area contributed by atoms with Crippen molar-refractivity contribution >= 4 is 114 Å². The molecule has 11 rings (SSSR count). The maximum atomic E-state index is 6.74. The lowest BCUT2D eigenvalue weighted by Gasteiger charge is -2.34. The van der Waals surface area contributed by atoms with Crippen LogP contribution in [0.5, 0.6) is 0 Å². The van der Waals surface area contributed by atoms with E-state index in [9.17, 15) is 0 Å². The van der Waals surface area contributed by atoms with Crippen molar-refractivity contribution in [2.75, 3.05) is 4.90 Å². The van der Waals surface area contributed by atoms with E-state index in [1.807, 2.05) is 0 Å². The van der Waals surface area contributed by atoms with Crippen LogP contribution in [0.25, 0.3) is 88.0 Å². The largest absolute Gasteiger partial charge is 0.455 e. The van der Waals surface area contributed by atoms with Gasteiger partial charge in [-0.25, -0.2) is 0 Å². The molecule has 62 heavy (non-hydrogen) atoms. The molecule has 0 saturated heterocycles. The maximum absolute atomic E-state index is 6.74. The van der Waals surface area contributed by atoms with E-state index >= 15 is 0 Å². The molecule has 0 aliphatic rings. The minimum atomic E-state index is 0.884. The van der Waals surface area contributed by atoms with E-state index < -0.39 is 0 Å². The second-order valence-corrected chi connectivity index (χ2v) is 16.6.